The van der Waals surface area contributed by atoms with Gasteiger partial charge in [0.25, 0.3) is 0 Å². The number of halogens is 1. The minimum atomic E-state index is -0.427. The molecule has 1 fully saturated rings. The lowest BCUT2D eigenvalue weighted by Gasteiger charge is -2.05. The molecular formula is C10H11ClN2O2. The third-order valence-corrected chi connectivity index (χ3v) is 2.48. The molecule has 1 aromatic rings. The van der Waals surface area contributed by atoms with Crippen LogP contribution in [0.5, 0.6) is 0 Å². The predicted molar refractivity (Wildman–Crippen MR) is 56.7 cm³/mol. The number of carbonyl (C=O) groups excluding carboxylic acids is 1. The number of ether oxygens (including phenoxy) is 1. The lowest BCUT2D eigenvalue weighted by atomic mass is 10.2. The van der Waals surface area contributed by atoms with Gasteiger partial charge in [0.15, 0.2) is 0 Å². The van der Waals surface area contributed by atoms with E-state index in [-0.39, 0.29) is 10.7 Å². The molecule has 1 heterocycles. The van der Waals surface area contributed by atoms with E-state index in [9.17, 15) is 4.79 Å². The molecule has 15 heavy (non-hydrogen) atoms. The van der Waals surface area contributed by atoms with Crippen molar-refractivity contribution >= 4 is 23.3 Å². The number of hydrogen-bond donors (Lipinski definition) is 1. The molecule has 1 aliphatic carbocycles. The molecule has 1 aromatic heterocycles. The van der Waals surface area contributed by atoms with Gasteiger partial charge in [-0.3, -0.25) is 0 Å². The van der Waals surface area contributed by atoms with Gasteiger partial charge in [-0.05, 0) is 24.8 Å². The first kappa shape index (κ1) is 10.2. The average molecular weight is 227 g/mol. The molecule has 0 amide bonds. The molecule has 1 saturated carbocycles. The molecule has 2 rings (SSSR count). The Bertz CT molecular complexity index is 391. The molecule has 80 valence electrons. The molecule has 2 N–H and O–H groups in total. The molecule has 5 heteroatoms. The fourth-order valence-corrected chi connectivity index (χ4v) is 1.33. The van der Waals surface area contributed by atoms with Crippen LogP contribution in [0.2, 0.25) is 5.15 Å². The third-order valence-electron chi connectivity index (χ3n) is 2.27. The topological polar surface area (TPSA) is 65.2 Å². The standard InChI is InChI=1S/C10H11ClN2O2/c11-9-3-7(8(12)4-13-9)10(14)15-5-6-1-2-6/h3-4,6H,1-2,5,12H2. The van der Waals surface area contributed by atoms with E-state index in [1.165, 1.54) is 12.3 Å². The van der Waals surface area contributed by atoms with Gasteiger partial charge in [0.2, 0.25) is 0 Å². The van der Waals surface area contributed by atoms with Gasteiger partial charge in [0.1, 0.15) is 5.15 Å². The van der Waals surface area contributed by atoms with E-state index in [1.54, 1.807) is 0 Å². The van der Waals surface area contributed by atoms with Gasteiger partial charge in [0, 0.05) is 0 Å². The quantitative estimate of drug-likeness (QED) is 0.631. The first-order valence-electron chi connectivity index (χ1n) is 4.75. The monoisotopic (exact) mass is 226 g/mol. The number of aromatic nitrogens is 1. The number of carbonyl (C=O) groups is 1. The van der Waals surface area contributed by atoms with E-state index >= 15 is 0 Å². The van der Waals surface area contributed by atoms with Crippen LogP contribution < -0.4 is 5.73 Å². The summed E-state index contributed by atoms with van der Waals surface area (Å²) in [5.41, 5.74) is 6.17. The maximum absolute atomic E-state index is 11.6. The van der Waals surface area contributed by atoms with Gasteiger partial charge in [-0.15, -0.1) is 0 Å². The van der Waals surface area contributed by atoms with Gasteiger partial charge < -0.3 is 10.5 Å². The summed E-state index contributed by atoms with van der Waals surface area (Å²) in [6.45, 7) is 0.470. The van der Waals surface area contributed by atoms with Crippen molar-refractivity contribution in [2.24, 2.45) is 5.92 Å². The Morgan fingerprint density at radius 2 is 2.40 bits per heavy atom. The summed E-state index contributed by atoms with van der Waals surface area (Å²) >= 11 is 5.66. The van der Waals surface area contributed by atoms with Crippen molar-refractivity contribution in [2.75, 3.05) is 12.3 Å². The fourth-order valence-electron chi connectivity index (χ4n) is 1.17. The predicted octanol–water partition coefficient (Wildman–Crippen LogP) is 1.88. The van der Waals surface area contributed by atoms with Crippen LogP contribution in [0, 0.1) is 5.92 Å². The van der Waals surface area contributed by atoms with Crippen LogP contribution in [0.25, 0.3) is 0 Å². The molecular weight excluding hydrogens is 216 g/mol. The van der Waals surface area contributed by atoms with Crippen LogP contribution in [0.3, 0.4) is 0 Å². The number of rotatable bonds is 3. The summed E-state index contributed by atoms with van der Waals surface area (Å²) in [7, 11) is 0. The number of hydrogen-bond acceptors (Lipinski definition) is 4. The number of nitrogens with zero attached hydrogens (tertiary/aromatic N) is 1. The lowest BCUT2D eigenvalue weighted by molar-refractivity contribution is 0.0487. The number of nitrogen functional groups attached to an aromatic ring is 1. The Hall–Kier alpha value is -1.29. The Morgan fingerprint density at radius 1 is 1.67 bits per heavy atom. The van der Waals surface area contributed by atoms with E-state index in [0.29, 0.717) is 18.2 Å². The minimum absolute atomic E-state index is 0.238. The van der Waals surface area contributed by atoms with Crippen molar-refractivity contribution in [1.82, 2.24) is 4.98 Å². The molecule has 0 unspecified atom stereocenters. The van der Waals surface area contributed by atoms with Gasteiger partial charge in [-0.1, -0.05) is 11.6 Å². The highest BCUT2D eigenvalue weighted by Gasteiger charge is 2.24. The van der Waals surface area contributed by atoms with Crippen molar-refractivity contribution < 1.29 is 9.53 Å². The average Bonchev–Trinajstić information content (AvgIpc) is 3.02. The smallest absolute Gasteiger partial charge is 0.340 e. The second-order valence-electron chi connectivity index (χ2n) is 3.64. The summed E-state index contributed by atoms with van der Waals surface area (Å²) in [6, 6.07) is 1.42. The molecule has 0 aromatic carbocycles. The SMILES string of the molecule is Nc1cnc(Cl)cc1C(=O)OCC1CC1. The summed E-state index contributed by atoms with van der Waals surface area (Å²) < 4.78 is 5.08. The van der Waals surface area contributed by atoms with Crippen molar-refractivity contribution in [2.45, 2.75) is 12.8 Å². The van der Waals surface area contributed by atoms with E-state index in [4.69, 9.17) is 22.1 Å². The van der Waals surface area contributed by atoms with Crippen LogP contribution in [0.15, 0.2) is 12.3 Å². The normalized spacial score (nSPS) is 15.0. The van der Waals surface area contributed by atoms with Crippen LogP contribution in [0.4, 0.5) is 5.69 Å². The summed E-state index contributed by atoms with van der Waals surface area (Å²) in [6.07, 6.45) is 3.63. The number of esters is 1. The number of anilines is 1. The maximum atomic E-state index is 11.6. The zero-order valence-electron chi connectivity index (χ0n) is 8.07. The van der Waals surface area contributed by atoms with Crippen molar-refractivity contribution in [1.29, 1.82) is 0 Å². The van der Waals surface area contributed by atoms with Crippen molar-refractivity contribution in [3.8, 4) is 0 Å². The highest BCUT2D eigenvalue weighted by Crippen LogP contribution is 2.29. The largest absolute Gasteiger partial charge is 0.462 e. The first-order valence-corrected chi connectivity index (χ1v) is 5.13. The van der Waals surface area contributed by atoms with Gasteiger partial charge in [-0.2, -0.15) is 0 Å². The van der Waals surface area contributed by atoms with E-state index < -0.39 is 5.97 Å². The first-order chi connectivity index (χ1) is 7.16. The molecule has 0 atom stereocenters. The summed E-state index contributed by atoms with van der Waals surface area (Å²) in [5, 5.41) is 0.238. The number of nitrogens with two attached hydrogens (primary N) is 1. The summed E-state index contributed by atoms with van der Waals surface area (Å²) in [4.78, 5) is 15.3. The summed E-state index contributed by atoms with van der Waals surface area (Å²) in [5.74, 6) is 0.108. The zero-order valence-corrected chi connectivity index (χ0v) is 8.83. The minimum Gasteiger partial charge on any atom is -0.462 e. The highest BCUT2D eigenvalue weighted by atomic mass is 35.5. The fraction of sp³-hybridized carbons (Fsp3) is 0.400. The lowest BCUT2D eigenvalue weighted by Crippen LogP contribution is -2.10. The molecule has 4 nitrogen and oxygen atoms in total. The molecule has 0 spiro atoms. The number of pyridine rings is 1. The van der Waals surface area contributed by atoms with Gasteiger partial charge in [-0.25, -0.2) is 9.78 Å². The molecule has 0 saturated heterocycles. The molecule has 1 aliphatic rings. The molecule has 0 aliphatic heterocycles. The van der Waals surface area contributed by atoms with Crippen LogP contribution in [-0.2, 0) is 4.74 Å². The van der Waals surface area contributed by atoms with Crippen molar-refractivity contribution in [3.63, 3.8) is 0 Å². The van der Waals surface area contributed by atoms with E-state index in [1.807, 2.05) is 0 Å². The Labute approximate surface area is 92.4 Å². The zero-order chi connectivity index (χ0) is 10.8. The highest BCUT2D eigenvalue weighted by molar-refractivity contribution is 6.29. The van der Waals surface area contributed by atoms with Gasteiger partial charge >= 0.3 is 5.97 Å². The third kappa shape index (κ3) is 2.59. The van der Waals surface area contributed by atoms with E-state index in [2.05, 4.69) is 4.98 Å². The Balaban J connectivity index is 2.05. The second kappa shape index (κ2) is 4.06. The van der Waals surface area contributed by atoms with Crippen LogP contribution in [-0.4, -0.2) is 17.6 Å². The van der Waals surface area contributed by atoms with Crippen LogP contribution >= 0.6 is 11.6 Å². The molecule has 0 radical (unpaired) electrons. The van der Waals surface area contributed by atoms with Gasteiger partial charge in [0.05, 0.1) is 24.1 Å². The van der Waals surface area contributed by atoms with Crippen molar-refractivity contribution in [3.05, 3.63) is 23.0 Å². The Kier molecular flexibility index (Phi) is 2.77. The second-order valence-corrected chi connectivity index (χ2v) is 4.02. The van der Waals surface area contributed by atoms with Crippen LogP contribution in [0.1, 0.15) is 23.2 Å². The Morgan fingerprint density at radius 3 is 3.07 bits per heavy atom. The van der Waals surface area contributed by atoms with E-state index in [0.717, 1.165) is 12.8 Å². The molecule has 0 bridgehead atoms. The maximum Gasteiger partial charge on any atom is 0.340 e.